The summed E-state index contributed by atoms with van der Waals surface area (Å²) >= 11 is 0. The lowest BCUT2D eigenvalue weighted by atomic mass is 10.1. The summed E-state index contributed by atoms with van der Waals surface area (Å²) in [5, 5.41) is 1.94. The number of nitrogens with one attached hydrogen (secondary N) is 1. The lowest BCUT2D eigenvalue weighted by Crippen LogP contribution is -2.32. The van der Waals surface area contributed by atoms with Gasteiger partial charge < -0.3 is 14.1 Å². The molecule has 4 aromatic rings. The number of pyridine rings is 1. The van der Waals surface area contributed by atoms with E-state index in [1.165, 1.54) is 24.3 Å². The van der Waals surface area contributed by atoms with E-state index in [0.717, 1.165) is 17.7 Å². The summed E-state index contributed by atoms with van der Waals surface area (Å²) in [5.74, 6) is 1.19. The third-order valence-corrected chi connectivity index (χ3v) is 5.93. The second-order valence-corrected chi connectivity index (χ2v) is 8.37. The number of halogens is 3. The zero-order chi connectivity index (χ0) is 25.3. The van der Waals surface area contributed by atoms with E-state index >= 15 is 0 Å². The molecular weight excluding hydrogens is 471 g/mol. The lowest BCUT2D eigenvalue weighted by molar-refractivity contribution is -0.137. The average Bonchev–Trinajstić information content (AvgIpc) is 3.34. The van der Waals surface area contributed by atoms with Gasteiger partial charge >= 0.3 is 6.18 Å². The van der Waals surface area contributed by atoms with Crippen LogP contribution in [0.1, 0.15) is 16.7 Å². The number of aromatic nitrogens is 1. The van der Waals surface area contributed by atoms with Crippen molar-refractivity contribution in [2.45, 2.75) is 19.1 Å². The highest BCUT2D eigenvalue weighted by atomic mass is 19.4. The summed E-state index contributed by atoms with van der Waals surface area (Å²) in [4.78, 5) is 19.0. The standard InChI is InChI=1S/C27H22F3N3O3/c1-35-21-11-12-23-24(14-21)32(15-19-7-9-20(10-8-19)27(28,29)30)17-25(26(23)34)33-16-22(36-31-33)13-18-5-3-2-4-6-18/h2-12,14,16-17,31H,13,15H2,1H3. The molecule has 2 heterocycles. The molecule has 0 atom stereocenters. The Bertz CT molecular complexity index is 1480. The summed E-state index contributed by atoms with van der Waals surface area (Å²) in [5.41, 5.74) is 4.42. The number of nitrogens with zero attached hydrogens (tertiary/aromatic N) is 2. The number of fused-ring (bicyclic) bond motifs is 1. The maximum atomic E-state index is 13.4. The number of hydrogen-bond acceptors (Lipinski definition) is 5. The van der Waals surface area contributed by atoms with E-state index in [-0.39, 0.29) is 12.0 Å². The van der Waals surface area contributed by atoms with Crippen molar-refractivity contribution in [2.75, 3.05) is 12.1 Å². The van der Waals surface area contributed by atoms with Gasteiger partial charge in [-0.2, -0.15) is 13.2 Å². The first-order chi connectivity index (χ1) is 17.3. The fourth-order valence-electron chi connectivity index (χ4n) is 4.08. The first-order valence-corrected chi connectivity index (χ1v) is 11.2. The van der Waals surface area contributed by atoms with Crippen LogP contribution in [0.5, 0.6) is 5.75 Å². The van der Waals surface area contributed by atoms with Gasteiger partial charge in [0.15, 0.2) is 0 Å². The minimum absolute atomic E-state index is 0.232. The van der Waals surface area contributed by atoms with Crippen molar-refractivity contribution >= 4 is 16.6 Å². The summed E-state index contributed by atoms with van der Waals surface area (Å²) < 4.78 is 46.1. The van der Waals surface area contributed by atoms with Crippen molar-refractivity contribution in [1.29, 1.82) is 0 Å². The largest absolute Gasteiger partial charge is 0.497 e. The number of anilines is 1. The van der Waals surface area contributed by atoms with E-state index in [1.54, 1.807) is 30.6 Å². The molecule has 0 amide bonds. The fraction of sp³-hybridized carbons (Fsp3) is 0.148. The molecule has 0 spiro atoms. The number of methoxy groups -OCH3 is 1. The Morgan fingerprint density at radius 2 is 1.72 bits per heavy atom. The van der Waals surface area contributed by atoms with Gasteiger partial charge in [0.2, 0.25) is 5.43 Å². The number of rotatable bonds is 6. The third kappa shape index (κ3) is 4.78. The molecule has 1 N–H and O–H groups in total. The molecule has 3 aromatic carbocycles. The number of allylic oxidation sites excluding steroid dienone is 1. The normalized spacial score (nSPS) is 13.6. The molecule has 1 aliphatic heterocycles. The Labute approximate surface area is 204 Å². The molecule has 0 unspecified atom stereocenters. The zero-order valence-corrected chi connectivity index (χ0v) is 19.3. The molecule has 0 fully saturated rings. The highest BCUT2D eigenvalue weighted by molar-refractivity contribution is 5.84. The molecular formula is C27H22F3N3O3. The van der Waals surface area contributed by atoms with E-state index < -0.39 is 11.7 Å². The second kappa shape index (κ2) is 9.43. The van der Waals surface area contributed by atoms with Gasteiger partial charge in [-0.3, -0.25) is 4.79 Å². The van der Waals surface area contributed by atoms with Crippen LogP contribution in [0.15, 0.2) is 95.7 Å². The SMILES string of the molecule is COc1ccc2c(=O)c(N3C=C(Cc4ccccc4)ON3)cn(Cc3ccc(C(F)(F)F)cc3)c2c1. The van der Waals surface area contributed by atoms with Gasteiger partial charge in [-0.05, 0) is 35.4 Å². The van der Waals surface area contributed by atoms with Gasteiger partial charge in [0, 0.05) is 30.6 Å². The van der Waals surface area contributed by atoms with Crippen LogP contribution in [0.3, 0.4) is 0 Å². The van der Waals surface area contributed by atoms with E-state index in [2.05, 4.69) is 5.59 Å². The molecule has 0 saturated carbocycles. The smallest absolute Gasteiger partial charge is 0.416 e. The minimum Gasteiger partial charge on any atom is -0.497 e. The monoisotopic (exact) mass is 493 g/mol. The Balaban J connectivity index is 1.53. The van der Waals surface area contributed by atoms with E-state index in [9.17, 15) is 18.0 Å². The van der Waals surface area contributed by atoms with Gasteiger partial charge in [-0.25, -0.2) is 5.01 Å². The second-order valence-electron chi connectivity index (χ2n) is 8.37. The molecule has 6 nitrogen and oxygen atoms in total. The lowest BCUT2D eigenvalue weighted by Gasteiger charge is -2.19. The first kappa shape index (κ1) is 23.5. The first-order valence-electron chi connectivity index (χ1n) is 11.2. The van der Waals surface area contributed by atoms with Gasteiger partial charge in [0.05, 0.1) is 24.4 Å². The molecule has 1 aliphatic rings. The highest BCUT2D eigenvalue weighted by Crippen LogP contribution is 2.30. The number of alkyl halides is 3. The van der Waals surface area contributed by atoms with Crippen molar-refractivity contribution in [3.8, 4) is 5.75 Å². The Morgan fingerprint density at radius 3 is 2.42 bits per heavy atom. The molecule has 0 bridgehead atoms. The number of hydrogen-bond donors (Lipinski definition) is 1. The van der Waals surface area contributed by atoms with Gasteiger partial charge in [0.25, 0.3) is 0 Å². The molecule has 36 heavy (non-hydrogen) atoms. The van der Waals surface area contributed by atoms with Crippen molar-refractivity contribution in [3.05, 3.63) is 118 Å². The van der Waals surface area contributed by atoms with Crippen LogP contribution >= 0.6 is 0 Å². The van der Waals surface area contributed by atoms with Crippen LogP contribution in [0.4, 0.5) is 18.9 Å². The topological polar surface area (TPSA) is 55.7 Å². The molecule has 9 heteroatoms. The fourth-order valence-corrected chi connectivity index (χ4v) is 4.08. The molecule has 184 valence electrons. The molecule has 0 aliphatic carbocycles. The third-order valence-electron chi connectivity index (χ3n) is 5.93. The molecule has 1 aromatic heterocycles. The Kier molecular flexibility index (Phi) is 6.15. The molecule has 5 rings (SSSR count). The van der Waals surface area contributed by atoms with Crippen molar-refractivity contribution < 1.29 is 22.7 Å². The van der Waals surface area contributed by atoms with Gasteiger partial charge in [-0.15, -0.1) is 0 Å². The maximum absolute atomic E-state index is 13.4. The highest BCUT2D eigenvalue weighted by Gasteiger charge is 2.30. The Morgan fingerprint density at radius 1 is 0.972 bits per heavy atom. The number of benzene rings is 3. The minimum atomic E-state index is -4.41. The van der Waals surface area contributed by atoms with Crippen molar-refractivity contribution in [3.63, 3.8) is 0 Å². The quantitative estimate of drug-likeness (QED) is 0.389. The van der Waals surface area contributed by atoms with E-state index in [4.69, 9.17) is 9.57 Å². The van der Waals surface area contributed by atoms with Crippen molar-refractivity contribution in [1.82, 2.24) is 10.2 Å². The summed E-state index contributed by atoms with van der Waals surface area (Å²) in [6, 6.07) is 19.8. The van der Waals surface area contributed by atoms with Crippen molar-refractivity contribution in [2.24, 2.45) is 0 Å². The predicted octanol–water partition coefficient (Wildman–Crippen LogP) is 5.42. The van der Waals surface area contributed by atoms with Crippen LogP contribution < -0.4 is 20.8 Å². The maximum Gasteiger partial charge on any atom is 0.416 e. The predicted molar refractivity (Wildman–Crippen MR) is 130 cm³/mol. The van der Waals surface area contributed by atoms with Crippen LogP contribution in [0, 0.1) is 0 Å². The average molecular weight is 493 g/mol. The summed E-state index contributed by atoms with van der Waals surface area (Å²) in [6.45, 7) is 0.240. The zero-order valence-electron chi connectivity index (χ0n) is 19.3. The molecule has 0 saturated heterocycles. The van der Waals surface area contributed by atoms with Gasteiger partial charge in [0.1, 0.15) is 17.2 Å². The summed E-state index contributed by atoms with van der Waals surface area (Å²) in [7, 11) is 1.53. The number of hydrazine groups is 1. The van der Waals surface area contributed by atoms with E-state index in [0.29, 0.717) is 40.1 Å². The van der Waals surface area contributed by atoms with Crippen LogP contribution in [-0.4, -0.2) is 11.7 Å². The molecule has 0 radical (unpaired) electrons. The number of ether oxygens (including phenoxy) is 1. The van der Waals surface area contributed by atoms with Crippen LogP contribution in [-0.2, 0) is 24.0 Å². The summed E-state index contributed by atoms with van der Waals surface area (Å²) in [6.07, 6.45) is -0.509. The van der Waals surface area contributed by atoms with E-state index in [1.807, 2.05) is 34.9 Å². The van der Waals surface area contributed by atoms with Crippen LogP contribution in [0.25, 0.3) is 10.9 Å². The van der Waals surface area contributed by atoms with Gasteiger partial charge in [-0.1, -0.05) is 48.1 Å². The Hall–Kier alpha value is -4.24. The van der Waals surface area contributed by atoms with Crippen LogP contribution in [0.2, 0.25) is 0 Å².